The van der Waals surface area contributed by atoms with E-state index in [1.54, 1.807) is 11.7 Å². The predicted molar refractivity (Wildman–Crippen MR) is 74.3 cm³/mol. The molecule has 6 nitrogen and oxygen atoms in total. The molecule has 0 aliphatic heterocycles. The number of carbonyl (C=O) groups excluding carboxylic acids is 1. The van der Waals surface area contributed by atoms with Gasteiger partial charge in [0.25, 0.3) is 0 Å². The van der Waals surface area contributed by atoms with Crippen molar-refractivity contribution in [2.75, 3.05) is 5.32 Å². The summed E-state index contributed by atoms with van der Waals surface area (Å²) >= 11 is 0. The maximum Gasteiger partial charge on any atom is 0.307 e. The molecule has 0 saturated carbocycles. The molecule has 0 radical (unpaired) electrons. The molecular formula is C14H19N3O3. The third kappa shape index (κ3) is 2.59. The zero-order valence-corrected chi connectivity index (χ0v) is 11.9. The summed E-state index contributed by atoms with van der Waals surface area (Å²) in [7, 11) is 1.81. The molecule has 1 aliphatic rings. The predicted octanol–water partition coefficient (Wildman–Crippen LogP) is 1.64. The van der Waals surface area contributed by atoms with Crippen LogP contribution in [0.4, 0.5) is 5.69 Å². The lowest BCUT2D eigenvalue weighted by Gasteiger charge is -2.24. The average Bonchev–Trinajstić information content (AvgIpc) is 2.65. The van der Waals surface area contributed by atoms with Gasteiger partial charge in [-0.15, -0.1) is 0 Å². The van der Waals surface area contributed by atoms with E-state index in [2.05, 4.69) is 10.4 Å². The lowest BCUT2D eigenvalue weighted by Crippen LogP contribution is -2.34. The molecule has 2 N–H and O–H groups in total. The third-order valence-corrected chi connectivity index (χ3v) is 3.84. The van der Waals surface area contributed by atoms with Gasteiger partial charge >= 0.3 is 5.97 Å². The van der Waals surface area contributed by atoms with Crippen LogP contribution >= 0.6 is 0 Å². The van der Waals surface area contributed by atoms with Crippen LogP contribution in [-0.2, 0) is 16.6 Å². The van der Waals surface area contributed by atoms with Crippen molar-refractivity contribution < 1.29 is 14.7 Å². The van der Waals surface area contributed by atoms with E-state index < -0.39 is 17.8 Å². The maximum absolute atomic E-state index is 12.4. The molecule has 1 aromatic rings. The summed E-state index contributed by atoms with van der Waals surface area (Å²) in [5.74, 6) is -2.36. The van der Waals surface area contributed by atoms with Gasteiger partial charge in [0.1, 0.15) is 0 Å². The number of amides is 1. The highest BCUT2D eigenvalue weighted by Gasteiger charge is 2.34. The second-order valence-corrected chi connectivity index (χ2v) is 5.15. The second-order valence-electron chi connectivity index (χ2n) is 5.15. The fraction of sp³-hybridized carbons (Fsp3) is 0.500. The molecule has 0 saturated heterocycles. The first-order chi connectivity index (χ1) is 9.41. The molecule has 0 bridgehead atoms. The van der Waals surface area contributed by atoms with E-state index in [9.17, 15) is 14.7 Å². The Morgan fingerprint density at radius 3 is 2.40 bits per heavy atom. The monoisotopic (exact) mass is 277 g/mol. The minimum Gasteiger partial charge on any atom is -0.481 e. The Bertz CT molecular complexity index is 574. The molecule has 0 aromatic carbocycles. The van der Waals surface area contributed by atoms with E-state index in [0.29, 0.717) is 18.5 Å². The zero-order valence-electron chi connectivity index (χ0n) is 11.9. The van der Waals surface area contributed by atoms with Gasteiger partial charge in [-0.1, -0.05) is 12.2 Å². The molecule has 1 amide bonds. The van der Waals surface area contributed by atoms with Crippen LogP contribution in [0, 0.1) is 25.7 Å². The summed E-state index contributed by atoms with van der Waals surface area (Å²) in [4.78, 5) is 23.6. The molecule has 0 fully saturated rings. The maximum atomic E-state index is 12.4. The summed E-state index contributed by atoms with van der Waals surface area (Å²) in [5, 5.41) is 16.3. The lowest BCUT2D eigenvalue weighted by atomic mass is 9.82. The minimum atomic E-state index is -0.922. The van der Waals surface area contributed by atoms with E-state index in [-0.39, 0.29) is 5.91 Å². The Balaban J connectivity index is 2.19. The first kappa shape index (κ1) is 14.3. The number of carboxylic acid groups (broad SMARTS) is 1. The first-order valence-corrected chi connectivity index (χ1v) is 6.60. The van der Waals surface area contributed by atoms with Gasteiger partial charge in [-0.25, -0.2) is 0 Å². The number of nitrogens with zero attached hydrogens (tertiary/aromatic N) is 2. The van der Waals surface area contributed by atoms with Crippen LogP contribution in [-0.4, -0.2) is 26.8 Å². The SMILES string of the molecule is Cc1nn(C)c(C)c1NC(=O)[C@@H]1CC=CC[C@H]1C(=O)O. The third-order valence-electron chi connectivity index (χ3n) is 3.84. The van der Waals surface area contributed by atoms with Crippen molar-refractivity contribution in [3.63, 3.8) is 0 Å². The number of nitrogens with one attached hydrogen (secondary N) is 1. The summed E-state index contributed by atoms with van der Waals surface area (Å²) in [6.07, 6.45) is 4.55. The molecule has 20 heavy (non-hydrogen) atoms. The molecule has 1 heterocycles. The lowest BCUT2D eigenvalue weighted by molar-refractivity contribution is -0.146. The molecule has 2 atom stereocenters. The van der Waals surface area contributed by atoms with E-state index >= 15 is 0 Å². The van der Waals surface area contributed by atoms with Crippen LogP contribution in [0.5, 0.6) is 0 Å². The molecule has 1 aromatic heterocycles. The van der Waals surface area contributed by atoms with Crippen molar-refractivity contribution in [1.29, 1.82) is 0 Å². The van der Waals surface area contributed by atoms with Gasteiger partial charge < -0.3 is 10.4 Å². The fourth-order valence-electron chi connectivity index (χ4n) is 2.55. The van der Waals surface area contributed by atoms with Gasteiger partial charge in [-0.2, -0.15) is 5.10 Å². The van der Waals surface area contributed by atoms with Gasteiger partial charge in [0, 0.05) is 7.05 Å². The fourth-order valence-corrected chi connectivity index (χ4v) is 2.55. The van der Waals surface area contributed by atoms with Gasteiger partial charge in [0.15, 0.2) is 0 Å². The number of aryl methyl sites for hydroxylation is 2. The molecule has 0 spiro atoms. The van der Waals surface area contributed by atoms with E-state index in [0.717, 1.165) is 11.4 Å². The normalized spacial score (nSPS) is 21.8. The van der Waals surface area contributed by atoms with E-state index in [1.807, 2.05) is 26.0 Å². The highest BCUT2D eigenvalue weighted by molar-refractivity contribution is 5.96. The number of hydrogen-bond acceptors (Lipinski definition) is 3. The van der Waals surface area contributed by atoms with Gasteiger partial charge in [-0.3, -0.25) is 14.3 Å². The van der Waals surface area contributed by atoms with Crippen molar-refractivity contribution in [2.24, 2.45) is 18.9 Å². The number of anilines is 1. The van der Waals surface area contributed by atoms with Crippen LogP contribution in [0.15, 0.2) is 12.2 Å². The minimum absolute atomic E-state index is 0.249. The average molecular weight is 277 g/mol. The molecular weight excluding hydrogens is 258 g/mol. The smallest absolute Gasteiger partial charge is 0.307 e. The van der Waals surface area contributed by atoms with E-state index in [4.69, 9.17) is 0 Å². The number of aromatic nitrogens is 2. The van der Waals surface area contributed by atoms with Crippen molar-refractivity contribution in [3.8, 4) is 0 Å². The number of carbonyl (C=O) groups is 2. The van der Waals surface area contributed by atoms with Crippen molar-refractivity contribution in [3.05, 3.63) is 23.5 Å². The standard InChI is InChI=1S/C14H19N3O3/c1-8-12(9(2)17(3)16-8)15-13(18)10-6-4-5-7-11(10)14(19)20/h4-5,10-11H,6-7H2,1-3H3,(H,15,18)(H,19,20)/t10-,11-/m1/s1. The number of allylic oxidation sites excluding steroid dienone is 2. The van der Waals surface area contributed by atoms with Gasteiger partial charge in [-0.05, 0) is 26.7 Å². The van der Waals surface area contributed by atoms with Crippen LogP contribution in [0.1, 0.15) is 24.2 Å². The first-order valence-electron chi connectivity index (χ1n) is 6.60. The summed E-state index contributed by atoms with van der Waals surface area (Å²) < 4.78 is 1.69. The Labute approximate surface area is 117 Å². The van der Waals surface area contributed by atoms with Crippen LogP contribution in [0.3, 0.4) is 0 Å². The Kier molecular flexibility index (Phi) is 3.92. The highest BCUT2D eigenvalue weighted by atomic mass is 16.4. The van der Waals surface area contributed by atoms with Gasteiger partial charge in [0.05, 0.1) is 28.9 Å². The molecule has 2 rings (SSSR count). The Hall–Kier alpha value is -2.11. The molecule has 6 heteroatoms. The van der Waals surface area contributed by atoms with Crippen LogP contribution in [0.2, 0.25) is 0 Å². The van der Waals surface area contributed by atoms with Crippen molar-refractivity contribution in [1.82, 2.24) is 9.78 Å². The second kappa shape index (κ2) is 5.48. The number of carboxylic acids is 1. The largest absolute Gasteiger partial charge is 0.481 e. The van der Waals surface area contributed by atoms with Crippen molar-refractivity contribution in [2.45, 2.75) is 26.7 Å². The molecule has 108 valence electrons. The molecule has 0 unspecified atom stereocenters. The summed E-state index contributed by atoms with van der Waals surface area (Å²) in [6.45, 7) is 3.68. The Morgan fingerprint density at radius 1 is 1.30 bits per heavy atom. The number of rotatable bonds is 3. The number of hydrogen-bond donors (Lipinski definition) is 2. The van der Waals surface area contributed by atoms with Crippen molar-refractivity contribution >= 4 is 17.6 Å². The topological polar surface area (TPSA) is 84.2 Å². The summed E-state index contributed by atoms with van der Waals surface area (Å²) in [5.41, 5.74) is 2.27. The van der Waals surface area contributed by atoms with Gasteiger partial charge in [0.2, 0.25) is 5.91 Å². The number of aliphatic carboxylic acids is 1. The van der Waals surface area contributed by atoms with E-state index in [1.165, 1.54) is 0 Å². The quantitative estimate of drug-likeness (QED) is 0.823. The summed E-state index contributed by atoms with van der Waals surface area (Å²) in [6, 6.07) is 0. The highest BCUT2D eigenvalue weighted by Crippen LogP contribution is 2.28. The van der Waals surface area contributed by atoms with Crippen LogP contribution < -0.4 is 5.32 Å². The Morgan fingerprint density at radius 2 is 1.90 bits per heavy atom. The molecule has 1 aliphatic carbocycles. The zero-order chi connectivity index (χ0) is 14.9. The van der Waals surface area contributed by atoms with Crippen LogP contribution in [0.25, 0.3) is 0 Å².